The summed E-state index contributed by atoms with van der Waals surface area (Å²) in [6.45, 7) is 0.453. The third-order valence-corrected chi connectivity index (χ3v) is 9.42. The molecule has 1 N–H and O–H groups in total. The van der Waals surface area contributed by atoms with Crippen LogP contribution >= 0.6 is 34.7 Å². The lowest BCUT2D eigenvalue weighted by Crippen LogP contribution is -2.43. The first kappa shape index (κ1) is 23.2. The SMILES string of the molecule is CSc1ccc(Cc2nnc(NC(=O)C3CCCN(S(=O)(=O)c4ccc(Cl)s4)C3)o2)cc1. The molecule has 0 bridgehead atoms. The molecule has 0 saturated carbocycles. The standard InChI is InChI=1S/C20H21ClN4O4S3/c1-30-15-6-4-13(5-7-15)11-17-23-24-20(29-17)22-19(26)14-3-2-10-25(12-14)32(27,28)18-9-8-16(21)31-18/h4-9,14H,2-3,10-12H2,1H3,(H,22,24,26). The van der Waals surface area contributed by atoms with Gasteiger partial charge in [-0.3, -0.25) is 10.1 Å². The van der Waals surface area contributed by atoms with Crippen molar-refractivity contribution in [3.63, 3.8) is 0 Å². The van der Waals surface area contributed by atoms with Gasteiger partial charge < -0.3 is 4.42 Å². The first-order valence-electron chi connectivity index (χ1n) is 9.87. The molecule has 2 aromatic heterocycles. The van der Waals surface area contributed by atoms with E-state index in [9.17, 15) is 13.2 Å². The smallest absolute Gasteiger partial charge is 0.322 e. The fourth-order valence-electron chi connectivity index (χ4n) is 3.44. The van der Waals surface area contributed by atoms with E-state index in [2.05, 4.69) is 15.5 Å². The topological polar surface area (TPSA) is 105 Å². The quantitative estimate of drug-likeness (QED) is 0.474. The Morgan fingerprint density at radius 3 is 2.75 bits per heavy atom. The molecular weight excluding hydrogens is 492 g/mol. The molecule has 32 heavy (non-hydrogen) atoms. The third-order valence-electron chi connectivity index (χ3n) is 5.11. The minimum atomic E-state index is -3.68. The van der Waals surface area contributed by atoms with Crippen molar-refractivity contribution in [2.45, 2.75) is 28.4 Å². The Morgan fingerprint density at radius 1 is 1.28 bits per heavy atom. The van der Waals surface area contributed by atoms with Crippen LogP contribution in [0.25, 0.3) is 0 Å². The average molecular weight is 513 g/mol. The van der Waals surface area contributed by atoms with Gasteiger partial charge in [0.15, 0.2) is 0 Å². The Labute approximate surface area is 199 Å². The Balaban J connectivity index is 1.37. The Kier molecular flexibility index (Phi) is 7.21. The van der Waals surface area contributed by atoms with E-state index >= 15 is 0 Å². The first-order valence-corrected chi connectivity index (χ1v) is 13.7. The van der Waals surface area contributed by atoms with Crippen LogP contribution in [0.2, 0.25) is 4.34 Å². The van der Waals surface area contributed by atoms with E-state index in [1.165, 1.54) is 10.4 Å². The number of hydrogen-bond donors (Lipinski definition) is 1. The van der Waals surface area contributed by atoms with Crippen LogP contribution in [0.1, 0.15) is 24.3 Å². The highest BCUT2D eigenvalue weighted by Gasteiger charge is 2.34. The zero-order valence-electron chi connectivity index (χ0n) is 17.2. The molecule has 3 aromatic rings. The molecule has 3 heterocycles. The molecule has 170 valence electrons. The highest BCUT2D eigenvalue weighted by atomic mass is 35.5. The first-order chi connectivity index (χ1) is 15.3. The van der Waals surface area contributed by atoms with Crippen LogP contribution in [0, 0.1) is 5.92 Å². The number of aromatic nitrogens is 2. The molecule has 1 aromatic carbocycles. The third kappa shape index (κ3) is 5.34. The summed E-state index contributed by atoms with van der Waals surface area (Å²) in [6.07, 6.45) is 3.63. The number of benzene rings is 1. The number of piperidine rings is 1. The molecule has 0 aliphatic carbocycles. The van der Waals surface area contributed by atoms with Crippen LogP contribution in [-0.2, 0) is 21.2 Å². The van der Waals surface area contributed by atoms with Gasteiger partial charge in [0.25, 0.3) is 10.0 Å². The molecule has 1 fully saturated rings. The molecule has 0 radical (unpaired) electrons. The summed E-state index contributed by atoms with van der Waals surface area (Å²) in [4.78, 5) is 13.9. The van der Waals surface area contributed by atoms with Gasteiger partial charge in [-0.1, -0.05) is 28.8 Å². The number of nitrogens with zero attached hydrogens (tertiary/aromatic N) is 3. The molecule has 1 saturated heterocycles. The number of nitrogens with one attached hydrogen (secondary N) is 1. The molecule has 8 nitrogen and oxygen atoms in total. The summed E-state index contributed by atoms with van der Waals surface area (Å²) in [5.41, 5.74) is 1.02. The van der Waals surface area contributed by atoms with Crippen molar-refractivity contribution in [3.8, 4) is 0 Å². The minimum absolute atomic E-state index is 0.00996. The molecule has 1 amide bonds. The van der Waals surface area contributed by atoms with Crippen molar-refractivity contribution < 1.29 is 17.6 Å². The van der Waals surface area contributed by atoms with Gasteiger partial charge in [-0.25, -0.2) is 8.42 Å². The predicted octanol–water partition coefficient (Wildman–Crippen LogP) is 4.14. The van der Waals surface area contributed by atoms with E-state index in [0.717, 1.165) is 21.8 Å². The van der Waals surface area contributed by atoms with Crippen LogP contribution < -0.4 is 5.32 Å². The highest BCUT2D eigenvalue weighted by Crippen LogP contribution is 2.31. The van der Waals surface area contributed by atoms with Gasteiger partial charge in [0.1, 0.15) is 4.21 Å². The number of carbonyl (C=O) groups is 1. The zero-order chi connectivity index (χ0) is 22.7. The van der Waals surface area contributed by atoms with Crippen LogP contribution in [0.15, 0.2) is 49.9 Å². The zero-order valence-corrected chi connectivity index (χ0v) is 20.4. The number of hydrogen-bond acceptors (Lipinski definition) is 8. The van der Waals surface area contributed by atoms with Gasteiger partial charge in [0.2, 0.25) is 11.8 Å². The van der Waals surface area contributed by atoms with E-state index in [1.54, 1.807) is 17.8 Å². The van der Waals surface area contributed by atoms with Crippen molar-refractivity contribution >= 4 is 56.6 Å². The van der Waals surface area contributed by atoms with Crippen molar-refractivity contribution in [1.82, 2.24) is 14.5 Å². The maximum absolute atomic E-state index is 12.8. The summed E-state index contributed by atoms with van der Waals surface area (Å²) in [6, 6.07) is 11.1. The number of amides is 1. The summed E-state index contributed by atoms with van der Waals surface area (Å²) >= 11 is 8.56. The van der Waals surface area contributed by atoms with E-state index in [0.29, 0.717) is 36.0 Å². The summed E-state index contributed by atoms with van der Waals surface area (Å²) in [5, 5.41) is 10.5. The number of rotatable bonds is 7. The minimum Gasteiger partial charge on any atom is -0.407 e. The fraction of sp³-hybridized carbons (Fsp3) is 0.350. The normalized spacial score (nSPS) is 17.4. The lowest BCUT2D eigenvalue weighted by molar-refractivity contribution is -0.121. The Bertz CT molecular complexity index is 1190. The van der Waals surface area contributed by atoms with Crippen LogP contribution in [0.4, 0.5) is 6.01 Å². The number of halogens is 1. The van der Waals surface area contributed by atoms with E-state index < -0.39 is 15.9 Å². The largest absolute Gasteiger partial charge is 0.407 e. The molecule has 1 atom stereocenters. The van der Waals surface area contributed by atoms with E-state index in [-0.39, 0.29) is 22.7 Å². The number of carbonyl (C=O) groups excluding carboxylic acids is 1. The van der Waals surface area contributed by atoms with Gasteiger partial charge in [-0.2, -0.15) is 4.31 Å². The van der Waals surface area contributed by atoms with Gasteiger partial charge in [0.05, 0.1) is 16.7 Å². The van der Waals surface area contributed by atoms with Gasteiger partial charge >= 0.3 is 6.01 Å². The maximum Gasteiger partial charge on any atom is 0.322 e. The molecule has 1 aliphatic rings. The second-order valence-corrected chi connectivity index (χ2v) is 12.0. The number of thiophene rings is 1. The van der Waals surface area contributed by atoms with E-state index in [1.807, 2.05) is 30.5 Å². The lowest BCUT2D eigenvalue weighted by Gasteiger charge is -2.30. The Hall–Kier alpha value is -1.92. The molecular formula is C20H21ClN4O4S3. The Morgan fingerprint density at radius 2 is 2.06 bits per heavy atom. The summed E-state index contributed by atoms with van der Waals surface area (Å²) in [7, 11) is -3.68. The average Bonchev–Trinajstić information content (AvgIpc) is 3.43. The fourth-order valence-corrected chi connectivity index (χ4v) is 7.01. The number of thioether (sulfide) groups is 1. The van der Waals surface area contributed by atoms with E-state index in [4.69, 9.17) is 16.0 Å². The monoisotopic (exact) mass is 512 g/mol. The molecule has 1 aliphatic heterocycles. The lowest BCUT2D eigenvalue weighted by atomic mass is 9.99. The van der Waals surface area contributed by atoms with Crippen molar-refractivity contribution in [2.24, 2.45) is 5.92 Å². The van der Waals surface area contributed by atoms with Crippen LogP contribution in [-0.4, -0.2) is 48.2 Å². The number of sulfonamides is 1. The molecule has 1 unspecified atom stereocenters. The molecule has 12 heteroatoms. The highest BCUT2D eigenvalue weighted by molar-refractivity contribution is 7.98. The van der Waals surface area contributed by atoms with Gasteiger partial charge in [-0.05, 0) is 48.9 Å². The van der Waals surface area contributed by atoms with Crippen LogP contribution in [0.3, 0.4) is 0 Å². The van der Waals surface area contributed by atoms with Crippen molar-refractivity contribution in [1.29, 1.82) is 0 Å². The van der Waals surface area contributed by atoms with Crippen LogP contribution in [0.5, 0.6) is 0 Å². The maximum atomic E-state index is 12.8. The predicted molar refractivity (Wildman–Crippen MR) is 125 cm³/mol. The van der Waals surface area contributed by atoms with Crippen molar-refractivity contribution in [3.05, 3.63) is 52.2 Å². The van der Waals surface area contributed by atoms with Crippen molar-refractivity contribution in [2.75, 3.05) is 24.7 Å². The van der Waals surface area contributed by atoms with Gasteiger partial charge in [0, 0.05) is 18.0 Å². The summed E-state index contributed by atoms with van der Waals surface area (Å²) < 4.78 is 33.2. The number of anilines is 1. The molecule has 4 rings (SSSR count). The summed E-state index contributed by atoms with van der Waals surface area (Å²) in [5.74, 6) is -0.461. The second-order valence-electron chi connectivity index (χ2n) is 7.28. The van der Waals surface area contributed by atoms with Gasteiger partial charge in [-0.15, -0.1) is 28.2 Å². The second kappa shape index (κ2) is 9.92. The molecule has 0 spiro atoms.